The molecule has 6 nitrogen and oxygen atoms in total. The van der Waals surface area contributed by atoms with Gasteiger partial charge in [0.1, 0.15) is 5.84 Å². The highest BCUT2D eigenvalue weighted by molar-refractivity contribution is 7.90. The van der Waals surface area contributed by atoms with Crippen LogP contribution in [0.5, 0.6) is 0 Å². The summed E-state index contributed by atoms with van der Waals surface area (Å²) in [6, 6.07) is 23.2. The molecule has 1 aliphatic heterocycles. The highest BCUT2D eigenvalue weighted by Gasteiger charge is 2.21. The van der Waals surface area contributed by atoms with Crippen molar-refractivity contribution in [1.82, 2.24) is 4.90 Å². The van der Waals surface area contributed by atoms with Crippen LogP contribution in [0, 0.1) is 0 Å². The van der Waals surface area contributed by atoms with Crippen LogP contribution < -0.4 is 5.32 Å². The lowest BCUT2D eigenvalue weighted by Crippen LogP contribution is -2.20. The number of carbonyl (C=O) groups is 1. The van der Waals surface area contributed by atoms with Crippen molar-refractivity contribution in [2.75, 3.05) is 18.9 Å². The Morgan fingerprint density at radius 3 is 2.45 bits per heavy atom. The van der Waals surface area contributed by atoms with Crippen LogP contribution in [-0.2, 0) is 10.0 Å². The third kappa shape index (κ3) is 4.67. The van der Waals surface area contributed by atoms with E-state index in [1.165, 1.54) is 12.1 Å². The number of amidine groups is 1. The molecule has 1 aliphatic rings. The molecule has 0 aromatic heterocycles. The zero-order chi connectivity index (χ0) is 21.8. The Kier molecular flexibility index (Phi) is 5.86. The monoisotopic (exact) mass is 433 g/mol. The number of hydrogen-bond acceptors (Lipinski definition) is 3. The second kappa shape index (κ2) is 8.73. The summed E-state index contributed by atoms with van der Waals surface area (Å²) in [4.78, 5) is 14.9. The van der Waals surface area contributed by atoms with Crippen molar-refractivity contribution in [3.63, 3.8) is 0 Å². The lowest BCUT2D eigenvalue weighted by Gasteiger charge is -2.12. The first-order valence-electron chi connectivity index (χ1n) is 10.0. The van der Waals surface area contributed by atoms with E-state index in [0.717, 1.165) is 24.1 Å². The fourth-order valence-electron chi connectivity index (χ4n) is 3.58. The molecule has 4 rings (SSSR count). The van der Waals surface area contributed by atoms with Crippen molar-refractivity contribution < 1.29 is 13.2 Å². The number of amides is 1. The average molecular weight is 434 g/mol. The quantitative estimate of drug-likeness (QED) is 0.646. The largest absolute Gasteiger partial charge is 0.362 e. The predicted molar refractivity (Wildman–Crippen MR) is 123 cm³/mol. The van der Waals surface area contributed by atoms with Gasteiger partial charge in [0.25, 0.3) is 15.9 Å². The summed E-state index contributed by atoms with van der Waals surface area (Å²) >= 11 is 0. The Balaban J connectivity index is 1.60. The van der Waals surface area contributed by atoms with E-state index in [0.29, 0.717) is 23.5 Å². The molecule has 3 aromatic carbocycles. The van der Waals surface area contributed by atoms with Gasteiger partial charge in [-0.1, -0.05) is 54.6 Å². The molecule has 0 spiro atoms. The summed E-state index contributed by atoms with van der Waals surface area (Å²) in [7, 11) is -2.02. The number of anilines is 1. The second-order valence-electron chi connectivity index (χ2n) is 7.40. The van der Waals surface area contributed by atoms with Gasteiger partial charge in [0, 0.05) is 31.3 Å². The number of likely N-dealkylation sites (tertiary alicyclic amines) is 1. The maximum Gasteiger partial charge on any atom is 0.284 e. The van der Waals surface area contributed by atoms with Crippen molar-refractivity contribution in [2.45, 2.75) is 17.7 Å². The van der Waals surface area contributed by atoms with Crippen molar-refractivity contribution in [1.29, 1.82) is 0 Å². The molecule has 1 fully saturated rings. The van der Waals surface area contributed by atoms with Gasteiger partial charge < -0.3 is 10.2 Å². The van der Waals surface area contributed by atoms with Crippen LogP contribution in [0.4, 0.5) is 5.69 Å². The van der Waals surface area contributed by atoms with Crippen LogP contribution in [0.3, 0.4) is 0 Å². The summed E-state index contributed by atoms with van der Waals surface area (Å²) < 4.78 is 29.5. The minimum atomic E-state index is -3.86. The van der Waals surface area contributed by atoms with Crippen molar-refractivity contribution in [3.05, 3.63) is 84.4 Å². The highest BCUT2D eigenvalue weighted by Crippen LogP contribution is 2.25. The van der Waals surface area contributed by atoms with E-state index in [4.69, 9.17) is 0 Å². The molecular weight excluding hydrogens is 410 g/mol. The van der Waals surface area contributed by atoms with Gasteiger partial charge in [0.05, 0.1) is 4.90 Å². The molecular formula is C24H23N3O3S. The summed E-state index contributed by atoms with van der Waals surface area (Å²) in [5.41, 5.74) is 2.64. The zero-order valence-electron chi connectivity index (χ0n) is 17.2. The molecule has 0 bridgehead atoms. The van der Waals surface area contributed by atoms with E-state index in [1.807, 2.05) is 54.4 Å². The minimum Gasteiger partial charge on any atom is -0.362 e. The van der Waals surface area contributed by atoms with E-state index < -0.39 is 10.0 Å². The van der Waals surface area contributed by atoms with Gasteiger partial charge in [0.2, 0.25) is 0 Å². The van der Waals surface area contributed by atoms with Gasteiger partial charge in [-0.25, -0.2) is 0 Å². The van der Waals surface area contributed by atoms with Gasteiger partial charge >= 0.3 is 0 Å². The third-order valence-corrected chi connectivity index (χ3v) is 6.51. The molecule has 3 aromatic rings. The summed E-state index contributed by atoms with van der Waals surface area (Å²) in [5.74, 6) is 0.252. The van der Waals surface area contributed by atoms with Gasteiger partial charge in [-0.2, -0.15) is 8.42 Å². The molecule has 0 atom stereocenters. The molecule has 1 heterocycles. The van der Waals surface area contributed by atoms with Crippen LogP contribution in [0.25, 0.3) is 11.1 Å². The van der Waals surface area contributed by atoms with Gasteiger partial charge in [0.15, 0.2) is 0 Å². The second-order valence-corrected chi connectivity index (χ2v) is 9.01. The summed E-state index contributed by atoms with van der Waals surface area (Å²) in [6.07, 6.45) is 1.53. The molecule has 1 saturated heterocycles. The van der Waals surface area contributed by atoms with Crippen LogP contribution in [0.1, 0.15) is 23.2 Å². The Morgan fingerprint density at radius 1 is 0.968 bits per heavy atom. The van der Waals surface area contributed by atoms with Gasteiger partial charge in [-0.15, -0.1) is 4.40 Å². The minimum absolute atomic E-state index is 0.0504. The van der Waals surface area contributed by atoms with Crippen molar-refractivity contribution in [2.24, 2.45) is 4.40 Å². The average Bonchev–Trinajstić information content (AvgIpc) is 3.18. The number of carbonyl (C=O) groups excluding carboxylic acids is 1. The van der Waals surface area contributed by atoms with Gasteiger partial charge in [-0.3, -0.25) is 4.79 Å². The summed E-state index contributed by atoms with van der Waals surface area (Å²) in [6.45, 7) is 0.797. The normalized spacial score (nSPS) is 15.3. The van der Waals surface area contributed by atoms with E-state index in [1.54, 1.807) is 24.3 Å². The Hall–Kier alpha value is -3.45. The van der Waals surface area contributed by atoms with E-state index in [-0.39, 0.29) is 10.8 Å². The highest BCUT2D eigenvalue weighted by atomic mass is 32.2. The first kappa shape index (κ1) is 20.8. The van der Waals surface area contributed by atoms with Crippen LogP contribution in [0.2, 0.25) is 0 Å². The molecule has 0 saturated carbocycles. The number of benzene rings is 3. The van der Waals surface area contributed by atoms with Crippen LogP contribution >= 0.6 is 0 Å². The van der Waals surface area contributed by atoms with Crippen LogP contribution in [-0.4, -0.2) is 38.7 Å². The number of nitrogens with zero attached hydrogens (tertiary/aromatic N) is 2. The molecule has 0 unspecified atom stereocenters. The number of hydrogen-bond donors (Lipinski definition) is 1. The number of nitrogens with one attached hydrogen (secondary N) is 1. The Bertz CT molecular complexity index is 1240. The third-order valence-electron chi connectivity index (χ3n) is 5.21. The predicted octanol–water partition coefficient (Wildman–Crippen LogP) is 4.42. The van der Waals surface area contributed by atoms with Crippen molar-refractivity contribution in [3.8, 4) is 11.1 Å². The standard InChI is InChI=1S/C24H23N3O3S/c1-27-16-8-15-23(27)26-31(29,30)20-12-7-11-19(17-20)25-24(28)22-14-6-5-13-21(22)18-9-3-2-4-10-18/h2-7,9-14,17H,8,15-16H2,1H3,(H,25,28)/b26-23-. The van der Waals surface area contributed by atoms with E-state index in [2.05, 4.69) is 9.71 Å². The fraction of sp³-hybridized carbons (Fsp3) is 0.167. The molecule has 7 heteroatoms. The maximum absolute atomic E-state index is 13.0. The molecule has 1 N–H and O–H groups in total. The smallest absolute Gasteiger partial charge is 0.284 e. The van der Waals surface area contributed by atoms with Crippen LogP contribution in [0.15, 0.2) is 88.2 Å². The van der Waals surface area contributed by atoms with Crippen molar-refractivity contribution >= 4 is 27.5 Å². The SMILES string of the molecule is CN1CCC/C1=N/S(=O)(=O)c1cccc(NC(=O)c2ccccc2-c2ccccc2)c1. The summed E-state index contributed by atoms with van der Waals surface area (Å²) in [5, 5.41) is 2.82. The maximum atomic E-state index is 13.0. The Morgan fingerprint density at radius 2 is 1.71 bits per heavy atom. The van der Waals surface area contributed by atoms with Gasteiger partial charge in [-0.05, 0) is 41.8 Å². The first-order chi connectivity index (χ1) is 14.9. The zero-order valence-corrected chi connectivity index (χ0v) is 18.0. The van der Waals surface area contributed by atoms with E-state index >= 15 is 0 Å². The molecule has 1 amide bonds. The number of rotatable bonds is 5. The number of sulfonamides is 1. The fourth-order valence-corrected chi connectivity index (χ4v) is 4.72. The lowest BCUT2D eigenvalue weighted by atomic mass is 9.99. The topological polar surface area (TPSA) is 78.8 Å². The molecule has 0 radical (unpaired) electrons. The van der Waals surface area contributed by atoms with E-state index in [9.17, 15) is 13.2 Å². The molecule has 158 valence electrons. The Labute approximate surface area is 182 Å². The molecule has 0 aliphatic carbocycles. The molecule has 31 heavy (non-hydrogen) atoms. The first-order valence-corrected chi connectivity index (χ1v) is 11.5. The lowest BCUT2D eigenvalue weighted by molar-refractivity contribution is 0.102.